The third-order valence-electron chi connectivity index (χ3n) is 3.04. The van der Waals surface area contributed by atoms with Gasteiger partial charge in [-0.1, -0.05) is 34.1 Å². The first-order valence-corrected chi connectivity index (χ1v) is 6.77. The summed E-state index contributed by atoms with van der Waals surface area (Å²) in [6.07, 6.45) is 0. The number of carbonyl (C=O) groups is 1. The van der Waals surface area contributed by atoms with Gasteiger partial charge >= 0.3 is 0 Å². The summed E-state index contributed by atoms with van der Waals surface area (Å²) in [4.78, 5) is 12.4. The van der Waals surface area contributed by atoms with Gasteiger partial charge in [-0.25, -0.2) is 4.39 Å². The molecule has 0 bridgehead atoms. The standard InChI is InChI=1S/C16H11BrFNO/c1-10-8-12(4-7-15(10)17)16(20)14(9-19)11-2-5-13(18)6-3-11/h2-8,14H,1H3. The van der Waals surface area contributed by atoms with Gasteiger partial charge in [0.25, 0.3) is 0 Å². The van der Waals surface area contributed by atoms with Gasteiger partial charge in [0.15, 0.2) is 5.78 Å². The molecule has 0 aromatic heterocycles. The van der Waals surface area contributed by atoms with Gasteiger partial charge in [-0.15, -0.1) is 0 Å². The fraction of sp³-hybridized carbons (Fsp3) is 0.125. The van der Waals surface area contributed by atoms with E-state index in [9.17, 15) is 14.4 Å². The Bertz CT molecular complexity index is 689. The second kappa shape index (κ2) is 5.98. The van der Waals surface area contributed by atoms with Crippen LogP contribution in [0.25, 0.3) is 0 Å². The molecule has 1 atom stereocenters. The maximum Gasteiger partial charge on any atom is 0.184 e. The van der Waals surface area contributed by atoms with Crippen molar-refractivity contribution in [3.05, 3.63) is 69.4 Å². The lowest BCUT2D eigenvalue weighted by molar-refractivity contribution is 0.0978. The Balaban J connectivity index is 2.36. The highest BCUT2D eigenvalue weighted by atomic mass is 79.9. The van der Waals surface area contributed by atoms with Gasteiger partial charge in [-0.2, -0.15) is 5.26 Å². The molecule has 0 amide bonds. The minimum atomic E-state index is -0.920. The van der Waals surface area contributed by atoms with Gasteiger partial charge in [-0.05, 0) is 42.3 Å². The third-order valence-corrected chi connectivity index (χ3v) is 3.93. The van der Waals surface area contributed by atoms with Crippen LogP contribution in [0.4, 0.5) is 4.39 Å². The Morgan fingerprint density at radius 1 is 1.25 bits per heavy atom. The van der Waals surface area contributed by atoms with Crippen molar-refractivity contribution in [3.8, 4) is 6.07 Å². The van der Waals surface area contributed by atoms with Crippen LogP contribution in [0.1, 0.15) is 27.4 Å². The fourth-order valence-electron chi connectivity index (χ4n) is 1.90. The molecule has 0 spiro atoms. The molecule has 2 rings (SSSR count). The molecule has 0 fully saturated rings. The summed E-state index contributed by atoms with van der Waals surface area (Å²) in [5.74, 6) is -1.59. The highest BCUT2D eigenvalue weighted by molar-refractivity contribution is 9.10. The molecule has 0 aliphatic rings. The van der Waals surface area contributed by atoms with Crippen LogP contribution in [0.5, 0.6) is 0 Å². The van der Waals surface area contributed by atoms with Gasteiger partial charge in [0.1, 0.15) is 11.7 Å². The predicted molar refractivity (Wildman–Crippen MR) is 78.0 cm³/mol. The Morgan fingerprint density at radius 2 is 1.90 bits per heavy atom. The summed E-state index contributed by atoms with van der Waals surface area (Å²) in [6, 6.07) is 12.6. The molecule has 4 heteroatoms. The van der Waals surface area contributed by atoms with Crippen molar-refractivity contribution in [1.29, 1.82) is 5.26 Å². The minimum absolute atomic E-state index is 0.283. The second-order valence-electron chi connectivity index (χ2n) is 4.44. The number of rotatable bonds is 3. The fourth-order valence-corrected chi connectivity index (χ4v) is 2.15. The summed E-state index contributed by atoms with van der Waals surface area (Å²) in [5.41, 5.74) is 1.90. The molecule has 0 heterocycles. The molecule has 1 unspecified atom stereocenters. The van der Waals surface area contributed by atoms with Crippen molar-refractivity contribution < 1.29 is 9.18 Å². The minimum Gasteiger partial charge on any atom is -0.292 e. The number of ketones is 1. The van der Waals surface area contributed by atoms with Crippen LogP contribution in [0.15, 0.2) is 46.9 Å². The number of Topliss-reactive ketones (excluding diaryl/α,β-unsaturated/α-hetero) is 1. The predicted octanol–water partition coefficient (Wildman–Crippen LogP) is 4.39. The topological polar surface area (TPSA) is 40.9 Å². The van der Waals surface area contributed by atoms with E-state index >= 15 is 0 Å². The Hall–Kier alpha value is -1.99. The summed E-state index contributed by atoms with van der Waals surface area (Å²) in [6.45, 7) is 1.88. The number of aryl methyl sites for hydroxylation is 1. The quantitative estimate of drug-likeness (QED) is 0.783. The number of hydrogen-bond donors (Lipinski definition) is 0. The SMILES string of the molecule is Cc1cc(C(=O)C(C#N)c2ccc(F)cc2)ccc1Br. The zero-order valence-corrected chi connectivity index (χ0v) is 12.3. The maximum atomic E-state index is 12.9. The molecule has 0 aliphatic heterocycles. The molecule has 0 aliphatic carbocycles. The first-order valence-electron chi connectivity index (χ1n) is 5.98. The van der Waals surface area contributed by atoms with Crippen LogP contribution >= 0.6 is 15.9 Å². The molecule has 0 saturated carbocycles. The molecule has 2 aromatic rings. The first kappa shape index (κ1) is 14.4. The zero-order chi connectivity index (χ0) is 14.7. The van der Waals surface area contributed by atoms with E-state index < -0.39 is 11.7 Å². The number of nitriles is 1. The molecule has 2 nitrogen and oxygen atoms in total. The highest BCUT2D eigenvalue weighted by Gasteiger charge is 2.22. The van der Waals surface area contributed by atoms with Crippen molar-refractivity contribution in [2.45, 2.75) is 12.8 Å². The van der Waals surface area contributed by atoms with E-state index in [0.29, 0.717) is 11.1 Å². The second-order valence-corrected chi connectivity index (χ2v) is 5.30. The molecular formula is C16H11BrFNO. The first-order chi connectivity index (χ1) is 9.52. The van der Waals surface area contributed by atoms with Gasteiger partial charge in [-0.3, -0.25) is 4.79 Å². The number of halogens is 2. The van der Waals surface area contributed by atoms with E-state index in [0.717, 1.165) is 10.0 Å². The summed E-state index contributed by atoms with van der Waals surface area (Å²) < 4.78 is 13.8. The van der Waals surface area contributed by atoms with Gasteiger partial charge in [0, 0.05) is 10.0 Å². The number of hydrogen-bond acceptors (Lipinski definition) is 2. The van der Waals surface area contributed by atoms with Gasteiger partial charge in [0.05, 0.1) is 6.07 Å². The number of benzene rings is 2. The van der Waals surface area contributed by atoms with Crippen LogP contribution in [-0.2, 0) is 0 Å². The molecule has 2 aromatic carbocycles. The maximum absolute atomic E-state index is 12.9. The molecule has 0 N–H and O–H groups in total. The summed E-state index contributed by atoms with van der Waals surface area (Å²) in [7, 11) is 0. The zero-order valence-electron chi connectivity index (χ0n) is 10.7. The van der Waals surface area contributed by atoms with Crippen molar-refractivity contribution in [3.63, 3.8) is 0 Å². The molecule has 0 saturated heterocycles. The summed E-state index contributed by atoms with van der Waals surface area (Å²) in [5, 5.41) is 9.23. The van der Waals surface area contributed by atoms with Crippen LogP contribution in [0.3, 0.4) is 0 Å². The lowest BCUT2D eigenvalue weighted by Crippen LogP contribution is -2.11. The van der Waals surface area contributed by atoms with E-state index in [-0.39, 0.29) is 5.78 Å². The largest absolute Gasteiger partial charge is 0.292 e. The summed E-state index contributed by atoms with van der Waals surface area (Å²) >= 11 is 3.37. The lowest BCUT2D eigenvalue weighted by atomic mass is 9.91. The lowest BCUT2D eigenvalue weighted by Gasteiger charge is -2.10. The van der Waals surface area contributed by atoms with E-state index in [1.165, 1.54) is 24.3 Å². The van der Waals surface area contributed by atoms with Gasteiger partial charge < -0.3 is 0 Å². The van der Waals surface area contributed by atoms with Crippen LogP contribution < -0.4 is 0 Å². The highest BCUT2D eigenvalue weighted by Crippen LogP contribution is 2.24. The monoisotopic (exact) mass is 331 g/mol. The van der Waals surface area contributed by atoms with Crippen molar-refractivity contribution in [1.82, 2.24) is 0 Å². The van der Waals surface area contributed by atoms with Crippen LogP contribution in [0.2, 0.25) is 0 Å². The molecule has 0 radical (unpaired) electrons. The smallest absolute Gasteiger partial charge is 0.184 e. The van der Waals surface area contributed by atoms with E-state index in [4.69, 9.17) is 0 Å². The van der Waals surface area contributed by atoms with E-state index in [1.54, 1.807) is 18.2 Å². The van der Waals surface area contributed by atoms with Gasteiger partial charge in [0.2, 0.25) is 0 Å². The van der Waals surface area contributed by atoms with Crippen LogP contribution in [0, 0.1) is 24.1 Å². The van der Waals surface area contributed by atoms with E-state index in [1.807, 2.05) is 13.0 Å². The normalized spacial score (nSPS) is 11.7. The van der Waals surface area contributed by atoms with E-state index in [2.05, 4.69) is 15.9 Å². The number of nitrogens with zero attached hydrogens (tertiary/aromatic N) is 1. The third kappa shape index (κ3) is 2.94. The van der Waals surface area contributed by atoms with Crippen LogP contribution in [-0.4, -0.2) is 5.78 Å². The van der Waals surface area contributed by atoms with Crippen molar-refractivity contribution in [2.75, 3.05) is 0 Å². The van der Waals surface area contributed by atoms with Crippen molar-refractivity contribution in [2.24, 2.45) is 0 Å². The Labute approximate surface area is 125 Å². The average molecular weight is 332 g/mol. The average Bonchev–Trinajstić information content (AvgIpc) is 2.44. The van der Waals surface area contributed by atoms with Crippen molar-refractivity contribution >= 4 is 21.7 Å². The molecule has 20 heavy (non-hydrogen) atoms. The molecule has 100 valence electrons. The Kier molecular flexibility index (Phi) is 4.31. The number of carbonyl (C=O) groups excluding carboxylic acids is 1. The Morgan fingerprint density at radius 3 is 2.45 bits per heavy atom. The molecular weight excluding hydrogens is 321 g/mol.